The molecule has 0 amide bonds. The molecule has 4 fully saturated rings. The molecule has 4 aliphatic rings. The Morgan fingerprint density at radius 2 is 1.33 bits per heavy atom. The molecule has 3 unspecified atom stereocenters. The minimum absolute atomic E-state index is 0.616. The third kappa shape index (κ3) is 5.11. The average Bonchev–Trinajstić information content (AvgIpc) is 2.53. The van der Waals surface area contributed by atoms with E-state index in [1.54, 1.807) is 6.42 Å². The third-order valence-electron chi connectivity index (χ3n) is 7.12. The minimum Gasteiger partial charge on any atom is -0.312 e. The lowest BCUT2D eigenvalue weighted by Crippen LogP contribution is -2.62. The van der Waals surface area contributed by atoms with Crippen LogP contribution in [0.3, 0.4) is 0 Å². The zero-order valence-electron chi connectivity index (χ0n) is 16.0. The fraction of sp³-hybridized carbons (Fsp3) is 1.00. The average molecular weight is 445 g/mol. The molecule has 1 nitrogen and oxygen atoms in total. The smallest absolute Gasteiger partial charge is 0.0383 e. The number of alkyl halides is 1. The fourth-order valence-corrected chi connectivity index (χ4v) is 8.14. The van der Waals surface area contributed by atoms with E-state index in [9.17, 15) is 0 Å². The quantitative estimate of drug-likeness (QED) is 0.196. The summed E-state index contributed by atoms with van der Waals surface area (Å²) in [6, 6.07) is 0.837. The molecule has 1 N–H and O–H groups in total. The number of rotatable bonds is 12. The van der Waals surface area contributed by atoms with E-state index >= 15 is 0 Å². The topological polar surface area (TPSA) is 12.0 Å². The van der Waals surface area contributed by atoms with Gasteiger partial charge in [0.25, 0.3) is 0 Å². The summed E-state index contributed by atoms with van der Waals surface area (Å²) in [7, 11) is 0. The third-order valence-corrected chi connectivity index (χ3v) is 8.67. The Hall–Kier alpha value is 0.690. The van der Waals surface area contributed by atoms with Crippen LogP contribution in [-0.2, 0) is 0 Å². The molecule has 0 spiro atoms. The molecule has 0 aromatic carbocycles. The maximum atomic E-state index is 4.02. The molecule has 24 heavy (non-hydrogen) atoms. The van der Waals surface area contributed by atoms with Gasteiger partial charge in [0.05, 0.1) is 0 Å². The first-order chi connectivity index (χ1) is 11.7. The Balaban J connectivity index is 1.22. The van der Waals surface area contributed by atoms with Gasteiger partial charge in [-0.25, -0.2) is 0 Å². The van der Waals surface area contributed by atoms with Crippen LogP contribution >= 0.6 is 22.6 Å². The Labute approximate surface area is 164 Å². The second-order valence-electron chi connectivity index (χ2n) is 9.26. The number of hydrogen-bond acceptors (Lipinski definition) is 1. The molecule has 4 rings (SSSR count). The first-order valence-electron chi connectivity index (χ1n) is 11.1. The van der Waals surface area contributed by atoms with Gasteiger partial charge in [0.15, 0.2) is 0 Å². The number of hydrogen-bond donors (Lipinski definition) is 1. The van der Waals surface area contributed by atoms with Gasteiger partial charge in [-0.1, -0.05) is 87.3 Å². The first-order valence-corrected chi connectivity index (χ1v) is 12.2. The highest BCUT2D eigenvalue weighted by Crippen LogP contribution is 2.59. The summed E-state index contributed by atoms with van der Waals surface area (Å²) >= 11 is 2.86. The molecule has 0 aromatic rings. The summed E-state index contributed by atoms with van der Waals surface area (Å²) in [5, 5.41) is 4.02. The highest BCUT2D eigenvalue weighted by Gasteiger charge is 2.55. The summed E-state index contributed by atoms with van der Waals surface area (Å²) in [5.74, 6) is 3.17. The van der Waals surface area contributed by atoms with Crippen LogP contribution in [0.5, 0.6) is 0 Å². The van der Waals surface area contributed by atoms with Gasteiger partial charge < -0.3 is 5.32 Å². The lowest BCUT2D eigenvalue weighted by atomic mass is 9.54. The van der Waals surface area contributed by atoms with Crippen LogP contribution < -0.4 is 5.32 Å². The predicted molar refractivity (Wildman–Crippen MR) is 114 cm³/mol. The number of nitrogens with one attached hydrogen (secondary N) is 1. The standard InChI is InChI=1S/C22H40IN/c1-2-3-4-5-6-7-8-9-10-11-12-24-21-20-14-18-13-19(15-20)17-22(21,23)16-18/h18-21,24H,2-17H2,1H3. The minimum atomic E-state index is 0.616. The fourth-order valence-electron chi connectivity index (χ4n) is 6.16. The monoisotopic (exact) mass is 445 g/mol. The zero-order chi connectivity index (χ0) is 16.8. The molecule has 140 valence electrons. The van der Waals surface area contributed by atoms with Gasteiger partial charge in [-0.2, -0.15) is 0 Å². The maximum Gasteiger partial charge on any atom is 0.0383 e. The van der Waals surface area contributed by atoms with Gasteiger partial charge in [-0.05, 0) is 62.8 Å². The largest absolute Gasteiger partial charge is 0.312 e. The molecule has 0 heterocycles. The molecule has 0 aromatic heterocycles. The van der Waals surface area contributed by atoms with Crippen molar-refractivity contribution in [3.8, 4) is 0 Å². The van der Waals surface area contributed by atoms with Crippen molar-refractivity contribution >= 4 is 22.6 Å². The maximum absolute atomic E-state index is 4.02. The summed E-state index contributed by atoms with van der Waals surface area (Å²) in [5.41, 5.74) is 0. The van der Waals surface area contributed by atoms with E-state index in [4.69, 9.17) is 0 Å². The molecule has 3 atom stereocenters. The van der Waals surface area contributed by atoms with E-state index in [2.05, 4.69) is 34.8 Å². The van der Waals surface area contributed by atoms with Gasteiger partial charge in [0.2, 0.25) is 0 Å². The first kappa shape index (κ1) is 19.5. The summed E-state index contributed by atoms with van der Waals surface area (Å²) in [6.07, 6.45) is 22.1. The molecular weight excluding hydrogens is 405 g/mol. The molecule has 2 heteroatoms. The van der Waals surface area contributed by atoms with Gasteiger partial charge in [-0.3, -0.25) is 0 Å². The highest BCUT2D eigenvalue weighted by molar-refractivity contribution is 14.1. The SMILES string of the molecule is CCCCCCCCCCCCNC1C2CC3CC(C2)CC1(I)C3. The van der Waals surface area contributed by atoms with Gasteiger partial charge in [0, 0.05) is 9.46 Å². The lowest BCUT2D eigenvalue weighted by molar-refractivity contribution is 0.0128. The zero-order valence-corrected chi connectivity index (χ0v) is 18.2. The molecule has 4 bridgehead atoms. The molecule has 4 aliphatic carbocycles. The summed E-state index contributed by atoms with van der Waals surface area (Å²) in [4.78, 5) is 0. The normalized spacial score (nSPS) is 37.2. The van der Waals surface area contributed by atoms with Crippen molar-refractivity contribution in [2.45, 2.75) is 113 Å². The van der Waals surface area contributed by atoms with Crippen LogP contribution in [-0.4, -0.2) is 16.0 Å². The van der Waals surface area contributed by atoms with Crippen LogP contribution in [0.2, 0.25) is 0 Å². The molecule has 0 aliphatic heterocycles. The van der Waals surface area contributed by atoms with Crippen molar-refractivity contribution in [1.82, 2.24) is 5.32 Å². The van der Waals surface area contributed by atoms with Crippen LogP contribution in [0.25, 0.3) is 0 Å². The Kier molecular flexibility index (Phi) is 7.76. The molecule has 4 saturated carbocycles. The summed E-state index contributed by atoms with van der Waals surface area (Å²) in [6.45, 7) is 3.58. The van der Waals surface area contributed by atoms with Crippen LogP contribution in [0.4, 0.5) is 0 Å². The van der Waals surface area contributed by atoms with Crippen molar-refractivity contribution < 1.29 is 0 Å². The van der Waals surface area contributed by atoms with Gasteiger partial charge >= 0.3 is 0 Å². The Morgan fingerprint density at radius 3 is 1.88 bits per heavy atom. The van der Waals surface area contributed by atoms with E-state index in [1.165, 1.54) is 96.4 Å². The summed E-state index contributed by atoms with van der Waals surface area (Å²) < 4.78 is 0.616. The second kappa shape index (κ2) is 9.58. The van der Waals surface area contributed by atoms with Gasteiger partial charge in [0.1, 0.15) is 0 Å². The molecule has 0 radical (unpaired) electrons. The van der Waals surface area contributed by atoms with E-state index in [1.807, 2.05) is 0 Å². The van der Waals surface area contributed by atoms with Crippen LogP contribution in [0.1, 0.15) is 103 Å². The van der Waals surface area contributed by atoms with Gasteiger partial charge in [-0.15, -0.1) is 0 Å². The number of halogens is 1. The molecular formula is C22H40IN. The predicted octanol–water partition coefficient (Wildman–Crippen LogP) is 6.88. The second-order valence-corrected chi connectivity index (χ2v) is 11.4. The molecule has 0 saturated heterocycles. The van der Waals surface area contributed by atoms with Crippen molar-refractivity contribution in [2.24, 2.45) is 17.8 Å². The van der Waals surface area contributed by atoms with Crippen molar-refractivity contribution in [1.29, 1.82) is 0 Å². The van der Waals surface area contributed by atoms with Crippen molar-refractivity contribution in [2.75, 3.05) is 6.54 Å². The highest BCUT2D eigenvalue weighted by atomic mass is 127. The Bertz CT molecular complexity index is 355. The Morgan fingerprint density at radius 1 is 0.792 bits per heavy atom. The van der Waals surface area contributed by atoms with E-state index in [0.29, 0.717) is 3.42 Å². The number of unbranched alkanes of at least 4 members (excludes halogenated alkanes) is 9. The van der Waals surface area contributed by atoms with Crippen LogP contribution in [0.15, 0.2) is 0 Å². The van der Waals surface area contributed by atoms with Crippen molar-refractivity contribution in [3.05, 3.63) is 0 Å². The van der Waals surface area contributed by atoms with E-state index in [0.717, 1.165) is 23.8 Å². The van der Waals surface area contributed by atoms with E-state index < -0.39 is 0 Å². The van der Waals surface area contributed by atoms with Crippen LogP contribution in [0, 0.1) is 17.8 Å². The van der Waals surface area contributed by atoms with Crippen molar-refractivity contribution in [3.63, 3.8) is 0 Å². The van der Waals surface area contributed by atoms with E-state index in [-0.39, 0.29) is 0 Å². The lowest BCUT2D eigenvalue weighted by Gasteiger charge is -2.59.